The second-order valence-corrected chi connectivity index (χ2v) is 5.20. The predicted molar refractivity (Wildman–Crippen MR) is 76.2 cm³/mol. The zero-order chi connectivity index (χ0) is 13.8. The quantitative estimate of drug-likeness (QED) is 0.839. The van der Waals surface area contributed by atoms with E-state index in [4.69, 9.17) is 11.2 Å². The molecule has 3 nitrogen and oxygen atoms in total. The van der Waals surface area contributed by atoms with Crippen molar-refractivity contribution in [1.29, 1.82) is 0 Å². The number of aliphatic hydroxyl groups excluding tert-OH is 1. The first kappa shape index (κ1) is 13.9. The van der Waals surface area contributed by atoms with E-state index < -0.39 is 6.10 Å². The summed E-state index contributed by atoms with van der Waals surface area (Å²) in [6.45, 7) is 6.18. The molecule has 102 valence electrons. The van der Waals surface area contributed by atoms with Gasteiger partial charge in [0.05, 0.1) is 6.54 Å². The number of hydrogen-bond acceptors (Lipinski definition) is 3. The molecule has 1 fully saturated rings. The first-order valence-electron chi connectivity index (χ1n) is 6.68. The fourth-order valence-electron chi connectivity index (χ4n) is 2.35. The standard InChI is InChI=1S/C16H21NO2/c1-4-8-17-9-7-16(15(18)11-17)19-14-6-5-12(2)13(3)10-14/h1,5-6,10,15-16,18H,7-9,11H2,2-3H3/t15-,16-/m0/s1. The Labute approximate surface area is 115 Å². The molecule has 1 aliphatic rings. The first-order valence-corrected chi connectivity index (χ1v) is 6.68. The first-order chi connectivity index (χ1) is 9.10. The molecule has 0 bridgehead atoms. The lowest BCUT2D eigenvalue weighted by Crippen LogP contribution is -2.49. The van der Waals surface area contributed by atoms with Gasteiger partial charge in [-0.25, -0.2) is 0 Å². The van der Waals surface area contributed by atoms with Crippen LogP contribution in [0.4, 0.5) is 0 Å². The number of β-amino-alcohol motifs (C(OH)–C–C–N with tert-alkyl or cyclic N) is 1. The van der Waals surface area contributed by atoms with Crippen LogP contribution < -0.4 is 4.74 Å². The summed E-state index contributed by atoms with van der Waals surface area (Å²) in [5.74, 6) is 3.44. The number of rotatable bonds is 3. The molecule has 0 aliphatic carbocycles. The van der Waals surface area contributed by atoms with Gasteiger partial charge in [-0.15, -0.1) is 6.42 Å². The Balaban J connectivity index is 1.96. The fraction of sp³-hybridized carbons (Fsp3) is 0.500. The summed E-state index contributed by atoms with van der Waals surface area (Å²) in [5.41, 5.74) is 2.45. The molecule has 0 aromatic heterocycles. The maximum absolute atomic E-state index is 10.1. The molecular weight excluding hydrogens is 238 g/mol. The van der Waals surface area contributed by atoms with Crippen molar-refractivity contribution in [1.82, 2.24) is 4.90 Å². The van der Waals surface area contributed by atoms with E-state index in [1.807, 2.05) is 18.2 Å². The van der Waals surface area contributed by atoms with Gasteiger partial charge in [0.25, 0.3) is 0 Å². The van der Waals surface area contributed by atoms with Gasteiger partial charge in [0.1, 0.15) is 18.0 Å². The predicted octanol–water partition coefficient (Wildman–Crippen LogP) is 1.75. The molecule has 0 radical (unpaired) electrons. The molecule has 0 unspecified atom stereocenters. The van der Waals surface area contributed by atoms with Crippen LogP contribution in [0.15, 0.2) is 18.2 Å². The number of benzene rings is 1. The highest BCUT2D eigenvalue weighted by molar-refractivity contribution is 5.34. The van der Waals surface area contributed by atoms with Crippen molar-refractivity contribution in [3.8, 4) is 18.1 Å². The number of ether oxygens (including phenoxy) is 1. The number of nitrogens with zero attached hydrogens (tertiary/aromatic N) is 1. The van der Waals surface area contributed by atoms with E-state index in [-0.39, 0.29) is 6.10 Å². The highest BCUT2D eigenvalue weighted by Crippen LogP contribution is 2.21. The van der Waals surface area contributed by atoms with Gasteiger partial charge in [-0.1, -0.05) is 12.0 Å². The zero-order valence-electron chi connectivity index (χ0n) is 11.6. The molecule has 0 spiro atoms. The summed E-state index contributed by atoms with van der Waals surface area (Å²) >= 11 is 0. The van der Waals surface area contributed by atoms with E-state index in [9.17, 15) is 5.11 Å². The van der Waals surface area contributed by atoms with Gasteiger partial charge in [0, 0.05) is 13.1 Å². The van der Waals surface area contributed by atoms with Crippen molar-refractivity contribution < 1.29 is 9.84 Å². The second kappa shape index (κ2) is 6.10. The van der Waals surface area contributed by atoms with E-state index in [1.165, 1.54) is 11.1 Å². The fourth-order valence-corrected chi connectivity index (χ4v) is 2.35. The minimum absolute atomic E-state index is 0.142. The van der Waals surface area contributed by atoms with E-state index in [1.54, 1.807) is 0 Å². The zero-order valence-corrected chi connectivity index (χ0v) is 11.6. The van der Waals surface area contributed by atoms with Gasteiger partial charge in [0.15, 0.2) is 0 Å². The Morgan fingerprint density at radius 1 is 1.42 bits per heavy atom. The van der Waals surface area contributed by atoms with Gasteiger partial charge in [0.2, 0.25) is 0 Å². The third-order valence-corrected chi connectivity index (χ3v) is 3.68. The number of aryl methyl sites for hydroxylation is 2. The summed E-state index contributed by atoms with van der Waals surface area (Å²) in [4.78, 5) is 2.07. The molecular formula is C16H21NO2. The molecule has 0 amide bonds. The maximum Gasteiger partial charge on any atom is 0.127 e. The summed E-state index contributed by atoms with van der Waals surface area (Å²) in [6, 6.07) is 6.03. The maximum atomic E-state index is 10.1. The normalized spacial score (nSPS) is 23.9. The van der Waals surface area contributed by atoms with Crippen LogP contribution in [-0.2, 0) is 0 Å². The molecule has 1 aromatic rings. The van der Waals surface area contributed by atoms with Crippen LogP contribution in [0.3, 0.4) is 0 Å². The monoisotopic (exact) mass is 259 g/mol. The van der Waals surface area contributed by atoms with Crippen molar-refractivity contribution in [2.24, 2.45) is 0 Å². The Morgan fingerprint density at radius 2 is 2.21 bits per heavy atom. The summed E-state index contributed by atoms with van der Waals surface area (Å²) in [6.07, 6.45) is 5.47. The summed E-state index contributed by atoms with van der Waals surface area (Å²) < 4.78 is 5.90. The molecule has 19 heavy (non-hydrogen) atoms. The van der Waals surface area contributed by atoms with Crippen molar-refractivity contribution in [3.63, 3.8) is 0 Å². The Bertz CT molecular complexity index is 478. The Morgan fingerprint density at radius 3 is 2.84 bits per heavy atom. The van der Waals surface area contributed by atoms with E-state index >= 15 is 0 Å². The van der Waals surface area contributed by atoms with Crippen LogP contribution in [0, 0.1) is 26.2 Å². The largest absolute Gasteiger partial charge is 0.488 e. The molecule has 2 rings (SSSR count). The van der Waals surface area contributed by atoms with Crippen molar-refractivity contribution >= 4 is 0 Å². The molecule has 0 saturated carbocycles. The average molecular weight is 259 g/mol. The lowest BCUT2D eigenvalue weighted by atomic mass is 10.0. The minimum atomic E-state index is -0.483. The Kier molecular flexibility index (Phi) is 4.47. The summed E-state index contributed by atoms with van der Waals surface area (Å²) in [5, 5.41) is 10.1. The van der Waals surface area contributed by atoms with Crippen molar-refractivity contribution in [3.05, 3.63) is 29.3 Å². The molecule has 2 atom stereocenters. The van der Waals surface area contributed by atoms with Crippen LogP contribution in [0.5, 0.6) is 5.75 Å². The van der Waals surface area contributed by atoms with Crippen LogP contribution in [0.25, 0.3) is 0 Å². The van der Waals surface area contributed by atoms with Crippen LogP contribution >= 0.6 is 0 Å². The third-order valence-electron chi connectivity index (χ3n) is 3.68. The van der Waals surface area contributed by atoms with Crippen LogP contribution in [0.2, 0.25) is 0 Å². The van der Waals surface area contributed by atoms with Crippen molar-refractivity contribution in [2.75, 3.05) is 19.6 Å². The highest BCUT2D eigenvalue weighted by Gasteiger charge is 2.28. The molecule has 1 N–H and O–H groups in total. The second-order valence-electron chi connectivity index (χ2n) is 5.20. The number of likely N-dealkylation sites (tertiary alicyclic amines) is 1. The molecule has 3 heteroatoms. The molecule has 1 heterocycles. The van der Waals surface area contributed by atoms with Gasteiger partial charge in [-0.3, -0.25) is 4.90 Å². The number of terminal acetylenes is 1. The van der Waals surface area contributed by atoms with Gasteiger partial charge in [-0.2, -0.15) is 0 Å². The van der Waals surface area contributed by atoms with E-state index in [0.717, 1.165) is 18.7 Å². The van der Waals surface area contributed by atoms with Gasteiger partial charge < -0.3 is 9.84 Å². The Hall–Kier alpha value is -1.50. The molecule has 1 aromatic carbocycles. The van der Waals surface area contributed by atoms with Crippen LogP contribution in [-0.4, -0.2) is 41.8 Å². The SMILES string of the molecule is C#CCN1CC[C@H](Oc2ccc(C)c(C)c2)[C@@H](O)C1. The lowest BCUT2D eigenvalue weighted by Gasteiger charge is -2.35. The number of piperidine rings is 1. The highest BCUT2D eigenvalue weighted by atomic mass is 16.5. The third kappa shape index (κ3) is 3.50. The molecule has 1 saturated heterocycles. The summed E-state index contributed by atoms with van der Waals surface area (Å²) in [7, 11) is 0. The van der Waals surface area contributed by atoms with E-state index in [2.05, 4.69) is 24.7 Å². The van der Waals surface area contributed by atoms with Gasteiger partial charge in [-0.05, 0) is 43.5 Å². The smallest absolute Gasteiger partial charge is 0.127 e. The van der Waals surface area contributed by atoms with Gasteiger partial charge >= 0.3 is 0 Å². The van der Waals surface area contributed by atoms with Crippen LogP contribution in [0.1, 0.15) is 17.5 Å². The van der Waals surface area contributed by atoms with E-state index in [0.29, 0.717) is 13.1 Å². The number of hydrogen-bond donors (Lipinski definition) is 1. The topological polar surface area (TPSA) is 32.7 Å². The lowest BCUT2D eigenvalue weighted by molar-refractivity contribution is -0.0216. The number of aliphatic hydroxyl groups is 1. The minimum Gasteiger partial charge on any atom is -0.488 e. The average Bonchev–Trinajstić information content (AvgIpc) is 2.37. The van der Waals surface area contributed by atoms with Crippen molar-refractivity contribution in [2.45, 2.75) is 32.5 Å². The molecule has 1 aliphatic heterocycles.